The molecule has 15 heavy (non-hydrogen) atoms. The van der Waals surface area contributed by atoms with E-state index in [1.54, 1.807) is 0 Å². The van der Waals surface area contributed by atoms with E-state index < -0.39 is 11.3 Å². The maximum atomic E-state index is 14.6. The molecule has 0 aromatic rings. The van der Waals surface area contributed by atoms with E-state index in [0.29, 0.717) is 0 Å². The van der Waals surface area contributed by atoms with Crippen LogP contribution in [0.5, 0.6) is 0 Å². The molecular weight excluding hydrogens is 191 g/mol. The van der Waals surface area contributed by atoms with Crippen molar-refractivity contribution in [1.29, 1.82) is 0 Å². The third-order valence-corrected chi connectivity index (χ3v) is 4.33. The van der Waals surface area contributed by atoms with E-state index in [-0.39, 0.29) is 5.92 Å². The molecule has 0 amide bonds. The first-order valence-corrected chi connectivity index (χ1v) is 6.29. The first kappa shape index (κ1) is 11.3. The van der Waals surface area contributed by atoms with Crippen LogP contribution in [0.1, 0.15) is 57.8 Å². The van der Waals surface area contributed by atoms with Gasteiger partial charge in [-0.25, -0.2) is 4.39 Å². The van der Waals surface area contributed by atoms with Crippen molar-refractivity contribution < 1.29 is 4.39 Å². The summed E-state index contributed by atoms with van der Waals surface area (Å²) in [7, 11) is 0. The summed E-state index contributed by atoms with van der Waals surface area (Å²) in [4.78, 5) is 0. The summed E-state index contributed by atoms with van der Waals surface area (Å²) >= 11 is 0. The largest absolute Gasteiger partial charge is 0.313 e. The minimum absolute atomic E-state index is 0.220. The van der Waals surface area contributed by atoms with Crippen molar-refractivity contribution in [2.75, 3.05) is 0 Å². The van der Waals surface area contributed by atoms with Crippen LogP contribution in [0, 0.1) is 5.92 Å². The minimum atomic E-state index is -0.894. The van der Waals surface area contributed by atoms with Crippen molar-refractivity contribution in [3.63, 3.8) is 0 Å². The van der Waals surface area contributed by atoms with Gasteiger partial charge in [0.25, 0.3) is 0 Å². The highest BCUT2D eigenvalue weighted by atomic mass is 19.1. The van der Waals surface area contributed by atoms with Crippen molar-refractivity contribution in [2.24, 2.45) is 17.4 Å². The molecular formula is C12H23FN2. The molecule has 2 nitrogen and oxygen atoms in total. The molecule has 0 saturated heterocycles. The molecule has 0 unspecified atom stereocenters. The standard InChI is InChI=1S/C12H23FN2/c13-11(6-2-1-3-7-11)10-4-8-12(14,15)9-5-10/h10H,1-9,14-15H2. The second kappa shape index (κ2) is 4.02. The summed E-state index contributed by atoms with van der Waals surface area (Å²) in [5.41, 5.74) is 10.3. The Hall–Kier alpha value is -0.150. The van der Waals surface area contributed by atoms with E-state index in [2.05, 4.69) is 0 Å². The molecule has 3 heteroatoms. The normalized spacial score (nSPS) is 31.4. The summed E-state index contributed by atoms with van der Waals surface area (Å²) < 4.78 is 14.6. The number of halogens is 1. The van der Waals surface area contributed by atoms with Crippen LogP contribution in [-0.4, -0.2) is 11.3 Å². The topological polar surface area (TPSA) is 52.0 Å². The SMILES string of the molecule is NC1(N)CCC(C2(F)CCCCC2)CC1. The molecule has 0 heterocycles. The van der Waals surface area contributed by atoms with Gasteiger partial charge in [0.1, 0.15) is 5.67 Å². The zero-order chi connectivity index (χ0) is 10.9. The van der Waals surface area contributed by atoms with Gasteiger partial charge in [-0.2, -0.15) is 0 Å². The number of nitrogens with two attached hydrogens (primary N) is 2. The van der Waals surface area contributed by atoms with Crippen molar-refractivity contribution in [3.05, 3.63) is 0 Å². The maximum Gasteiger partial charge on any atom is 0.113 e. The zero-order valence-corrected chi connectivity index (χ0v) is 9.47. The van der Waals surface area contributed by atoms with Crippen LogP contribution in [0.3, 0.4) is 0 Å². The minimum Gasteiger partial charge on any atom is -0.313 e. The van der Waals surface area contributed by atoms with Crippen molar-refractivity contribution in [1.82, 2.24) is 0 Å². The second-order valence-electron chi connectivity index (χ2n) is 5.60. The summed E-state index contributed by atoms with van der Waals surface area (Å²) in [5, 5.41) is 0. The molecule has 2 aliphatic rings. The average molecular weight is 214 g/mol. The third-order valence-electron chi connectivity index (χ3n) is 4.33. The van der Waals surface area contributed by atoms with E-state index >= 15 is 0 Å². The Morgan fingerprint density at radius 2 is 1.40 bits per heavy atom. The van der Waals surface area contributed by atoms with Crippen molar-refractivity contribution in [2.45, 2.75) is 69.1 Å². The fourth-order valence-electron chi connectivity index (χ4n) is 3.22. The van der Waals surface area contributed by atoms with Gasteiger partial charge in [0, 0.05) is 0 Å². The number of rotatable bonds is 1. The lowest BCUT2D eigenvalue weighted by atomic mass is 9.69. The van der Waals surface area contributed by atoms with Crippen LogP contribution in [0.15, 0.2) is 0 Å². The molecule has 0 aromatic heterocycles. The Morgan fingerprint density at radius 3 is 1.93 bits per heavy atom. The molecule has 88 valence electrons. The van der Waals surface area contributed by atoms with Crippen molar-refractivity contribution >= 4 is 0 Å². The molecule has 0 atom stereocenters. The van der Waals surface area contributed by atoms with Gasteiger partial charge in [0.05, 0.1) is 5.66 Å². The highest BCUT2D eigenvalue weighted by molar-refractivity contribution is 4.95. The lowest BCUT2D eigenvalue weighted by Gasteiger charge is -2.42. The highest BCUT2D eigenvalue weighted by Gasteiger charge is 2.43. The van der Waals surface area contributed by atoms with E-state index in [9.17, 15) is 4.39 Å². The van der Waals surface area contributed by atoms with Gasteiger partial charge in [-0.05, 0) is 44.4 Å². The molecule has 0 bridgehead atoms. The van der Waals surface area contributed by atoms with Crippen LogP contribution >= 0.6 is 0 Å². The molecule has 0 spiro atoms. The number of hydrogen-bond donors (Lipinski definition) is 2. The zero-order valence-electron chi connectivity index (χ0n) is 9.47. The molecule has 0 aliphatic heterocycles. The monoisotopic (exact) mass is 214 g/mol. The van der Waals surface area contributed by atoms with Crippen molar-refractivity contribution in [3.8, 4) is 0 Å². The fourth-order valence-corrected chi connectivity index (χ4v) is 3.22. The Bertz CT molecular complexity index is 212. The van der Waals surface area contributed by atoms with Gasteiger partial charge >= 0.3 is 0 Å². The molecule has 2 aliphatic carbocycles. The molecule has 4 N–H and O–H groups in total. The van der Waals surface area contributed by atoms with E-state index in [0.717, 1.165) is 51.4 Å². The lowest BCUT2D eigenvalue weighted by Crippen LogP contribution is -2.53. The van der Waals surface area contributed by atoms with Crippen LogP contribution in [-0.2, 0) is 0 Å². The van der Waals surface area contributed by atoms with Crippen LogP contribution in [0.2, 0.25) is 0 Å². The molecule has 0 aromatic carbocycles. The fraction of sp³-hybridized carbons (Fsp3) is 1.00. The van der Waals surface area contributed by atoms with Crippen LogP contribution in [0.25, 0.3) is 0 Å². The Balaban J connectivity index is 1.94. The first-order valence-electron chi connectivity index (χ1n) is 6.29. The highest BCUT2D eigenvalue weighted by Crippen LogP contribution is 2.44. The summed E-state index contributed by atoms with van der Waals surface area (Å²) in [5.74, 6) is 0.220. The number of hydrogen-bond acceptors (Lipinski definition) is 2. The van der Waals surface area contributed by atoms with Gasteiger partial charge in [0.2, 0.25) is 0 Å². The predicted molar refractivity (Wildman–Crippen MR) is 60.0 cm³/mol. The Labute approximate surface area is 91.6 Å². The first-order chi connectivity index (χ1) is 7.02. The lowest BCUT2D eigenvalue weighted by molar-refractivity contribution is 0.00869. The van der Waals surface area contributed by atoms with Gasteiger partial charge in [-0.3, -0.25) is 0 Å². The summed E-state index contributed by atoms with van der Waals surface area (Å²) in [6.45, 7) is 0. The van der Waals surface area contributed by atoms with Gasteiger partial charge < -0.3 is 11.5 Å². The predicted octanol–water partition coefficient (Wildman–Crippen LogP) is 2.46. The van der Waals surface area contributed by atoms with Gasteiger partial charge in [-0.1, -0.05) is 19.3 Å². The quantitative estimate of drug-likeness (QED) is 0.659. The average Bonchev–Trinajstić information content (AvgIpc) is 2.18. The van der Waals surface area contributed by atoms with Crippen LogP contribution in [0.4, 0.5) is 4.39 Å². The summed E-state index contributed by atoms with van der Waals surface area (Å²) in [6, 6.07) is 0. The Kier molecular flexibility index (Phi) is 3.04. The Morgan fingerprint density at radius 1 is 0.867 bits per heavy atom. The van der Waals surface area contributed by atoms with E-state index in [1.807, 2.05) is 0 Å². The molecule has 2 rings (SSSR count). The number of alkyl halides is 1. The van der Waals surface area contributed by atoms with Crippen LogP contribution < -0.4 is 11.5 Å². The smallest absolute Gasteiger partial charge is 0.113 e. The second-order valence-corrected chi connectivity index (χ2v) is 5.60. The summed E-state index contributed by atoms with van der Waals surface area (Å²) in [6.07, 6.45) is 8.17. The molecule has 0 radical (unpaired) electrons. The van der Waals surface area contributed by atoms with E-state index in [4.69, 9.17) is 11.5 Å². The maximum absolute atomic E-state index is 14.6. The third kappa shape index (κ3) is 2.51. The molecule has 2 fully saturated rings. The van der Waals surface area contributed by atoms with Gasteiger partial charge in [0.15, 0.2) is 0 Å². The van der Waals surface area contributed by atoms with E-state index in [1.165, 1.54) is 6.42 Å². The van der Waals surface area contributed by atoms with Gasteiger partial charge in [-0.15, -0.1) is 0 Å². The molecule has 2 saturated carbocycles.